The number of fused-ring (bicyclic) bond motifs is 2. The van der Waals surface area contributed by atoms with Crippen LogP contribution in [0.15, 0.2) is 47.4 Å². The van der Waals surface area contributed by atoms with Gasteiger partial charge >= 0.3 is 0 Å². The molecule has 1 aromatic carbocycles. The Morgan fingerprint density at radius 1 is 1.21 bits per heavy atom. The Morgan fingerprint density at radius 3 is 2.92 bits per heavy atom. The van der Waals surface area contributed by atoms with Crippen LogP contribution in [0.5, 0.6) is 0 Å². The van der Waals surface area contributed by atoms with Crippen LogP contribution in [0.2, 0.25) is 0 Å². The van der Waals surface area contributed by atoms with Gasteiger partial charge in [-0.3, -0.25) is 9.36 Å². The molecule has 2 aromatic heterocycles. The average Bonchev–Trinajstić information content (AvgIpc) is 3.04. The first-order valence-electron chi connectivity index (χ1n) is 7.61. The molecule has 3 heterocycles. The number of pyridine rings is 1. The number of benzene rings is 1. The predicted molar refractivity (Wildman–Crippen MR) is 89.0 cm³/mol. The molecule has 1 aliphatic rings. The summed E-state index contributed by atoms with van der Waals surface area (Å²) in [6, 6.07) is 13.2. The largest absolute Gasteiger partial charge is 0.295 e. The van der Waals surface area contributed by atoms with Crippen LogP contribution in [0, 0.1) is 29.1 Å². The molecule has 1 aliphatic heterocycles. The molecule has 0 N–H and O–H groups in total. The van der Waals surface area contributed by atoms with Crippen LogP contribution in [-0.2, 0) is 13.0 Å². The third-order valence-electron chi connectivity index (χ3n) is 4.05. The Morgan fingerprint density at radius 2 is 2.12 bits per heavy atom. The fourth-order valence-corrected chi connectivity index (χ4v) is 2.85. The maximum absolute atomic E-state index is 12.5. The van der Waals surface area contributed by atoms with E-state index in [4.69, 9.17) is 5.26 Å². The van der Waals surface area contributed by atoms with Gasteiger partial charge in [0.2, 0.25) is 0 Å². The van der Waals surface area contributed by atoms with Crippen LogP contribution in [0.1, 0.15) is 17.1 Å². The van der Waals surface area contributed by atoms with Gasteiger partial charge in [-0.05, 0) is 36.3 Å². The van der Waals surface area contributed by atoms with E-state index < -0.39 is 0 Å². The first kappa shape index (κ1) is 14.2. The minimum absolute atomic E-state index is 0.0861. The predicted octanol–water partition coefficient (Wildman–Crippen LogP) is 1.89. The molecule has 0 spiro atoms. The summed E-state index contributed by atoms with van der Waals surface area (Å²) >= 11 is 0. The van der Waals surface area contributed by atoms with Gasteiger partial charge < -0.3 is 0 Å². The fourth-order valence-electron chi connectivity index (χ4n) is 2.85. The van der Waals surface area contributed by atoms with Gasteiger partial charge in [0, 0.05) is 24.7 Å². The van der Waals surface area contributed by atoms with Crippen molar-refractivity contribution in [2.24, 2.45) is 5.92 Å². The molecule has 4 rings (SSSR count). The van der Waals surface area contributed by atoms with E-state index in [1.165, 1.54) is 0 Å². The Balaban J connectivity index is 1.78. The Hall–Kier alpha value is -3.44. The lowest BCUT2D eigenvalue weighted by atomic mass is 10.1. The molecule has 0 amide bonds. The lowest BCUT2D eigenvalue weighted by Crippen LogP contribution is -2.21. The van der Waals surface area contributed by atoms with E-state index >= 15 is 0 Å². The Labute approximate surface area is 138 Å². The molecule has 1 atom stereocenters. The Bertz CT molecular complexity index is 1100. The lowest BCUT2D eigenvalue weighted by molar-refractivity contribution is 0.623. The SMILES string of the molecule is N#CC1Cc2nc3cc(C#Cc4ccccn4)ccc3c(=O)n2C1. The number of rotatable bonds is 0. The molecule has 0 radical (unpaired) electrons. The molecule has 0 saturated carbocycles. The van der Waals surface area contributed by atoms with Crippen LogP contribution in [0.3, 0.4) is 0 Å². The first-order valence-corrected chi connectivity index (χ1v) is 7.61. The molecule has 0 aliphatic carbocycles. The van der Waals surface area contributed by atoms with Crippen LogP contribution in [0.4, 0.5) is 0 Å². The van der Waals surface area contributed by atoms with Crippen LogP contribution in [-0.4, -0.2) is 14.5 Å². The minimum atomic E-state index is -0.176. The monoisotopic (exact) mass is 312 g/mol. The van der Waals surface area contributed by atoms with Gasteiger partial charge in [0.05, 0.1) is 22.9 Å². The highest BCUT2D eigenvalue weighted by molar-refractivity contribution is 5.79. The molecule has 114 valence electrons. The molecule has 5 heteroatoms. The number of aromatic nitrogens is 3. The zero-order valence-corrected chi connectivity index (χ0v) is 12.7. The van der Waals surface area contributed by atoms with E-state index in [2.05, 4.69) is 27.9 Å². The minimum Gasteiger partial charge on any atom is -0.295 e. The quantitative estimate of drug-likeness (QED) is 0.594. The molecular weight excluding hydrogens is 300 g/mol. The zero-order chi connectivity index (χ0) is 16.5. The summed E-state index contributed by atoms with van der Waals surface area (Å²) in [4.78, 5) is 21.3. The van der Waals surface area contributed by atoms with Crippen molar-refractivity contribution in [3.8, 4) is 17.9 Å². The maximum Gasteiger partial charge on any atom is 0.261 e. The lowest BCUT2D eigenvalue weighted by Gasteiger charge is -2.04. The molecule has 5 nitrogen and oxygen atoms in total. The van der Waals surface area contributed by atoms with Crippen molar-refractivity contribution < 1.29 is 0 Å². The molecule has 0 bridgehead atoms. The van der Waals surface area contributed by atoms with E-state index in [1.807, 2.05) is 30.3 Å². The molecule has 0 saturated heterocycles. The third kappa shape index (κ3) is 2.43. The number of nitriles is 1. The fraction of sp³-hybridized carbons (Fsp3) is 0.158. The van der Waals surface area contributed by atoms with Gasteiger partial charge in [0.15, 0.2) is 0 Å². The van der Waals surface area contributed by atoms with Crippen molar-refractivity contribution in [3.63, 3.8) is 0 Å². The first-order chi connectivity index (χ1) is 11.7. The van der Waals surface area contributed by atoms with Gasteiger partial charge in [0.25, 0.3) is 5.56 Å². The smallest absolute Gasteiger partial charge is 0.261 e. The topological polar surface area (TPSA) is 71.6 Å². The number of nitrogens with zero attached hydrogens (tertiary/aromatic N) is 4. The van der Waals surface area contributed by atoms with Crippen LogP contribution < -0.4 is 5.56 Å². The van der Waals surface area contributed by atoms with Crippen molar-refractivity contribution >= 4 is 10.9 Å². The van der Waals surface area contributed by atoms with E-state index in [-0.39, 0.29) is 11.5 Å². The van der Waals surface area contributed by atoms with E-state index in [0.717, 1.165) is 5.56 Å². The Kier molecular flexibility index (Phi) is 3.33. The molecule has 24 heavy (non-hydrogen) atoms. The van der Waals surface area contributed by atoms with E-state index in [9.17, 15) is 4.79 Å². The summed E-state index contributed by atoms with van der Waals surface area (Å²) in [7, 11) is 0. The molecular formula is C19H12N4O. The average molecular weight is 312 g/mol. The standard InChI is InChI=1S/C19H12N4O/c20-11-14-10-18-22-17-9-13(4-6-15-3-1-2-8-21-15)5-7-16(17)19(24)23(18)12-14/h1-3,5,7-9,14H,10,12H2. The second-order valence-electron chi connectivity index (χ2n) is 5.67. The van der Waals surface area contributed by atoms with Gasteiger partial charge in [-0.25, -0.2) is 9.97 Å². The highest BCUT2D eigenvalue weighted by Gasteiger charge is 2.24. The summed E-state index contributed by atoms with van der Waals surface area (Å²) in [6.07, 6.45) is 2.22. The molecule has 1 unspecified atom stereocenters. The van der Waals surface area contributed by atoms with Gasteiger partial charge in [-0.2, -0.15) is 5.26 Å². The van der Waals surface area contributed by atoms with Crippen molar-refractivity contribution in [3.05, 3.63) is 70.0 Å². The summed E-state index contributed by atoms with van der Waals surface area (Å²) < 4.78 is 1.61. The summed E-state index contributed by atoms with van der Waals surface area (Å²) in [5, 5.41) is 9.63. The van der Waals surface area contributed by atoms with Crippen molar-refractivity contribution in [1.29, 1.82) is 5.26 Å². The van der Waals surface area contributed by atoms with E-state index in [1.54, 1.807) is 16.8 Å². The van der Waals surface area contributed by atoms with Crippen molar-refractivity contribution in [2.75, 3.05) is 0 Å². The second kappa shape index (κ2) is 5.64. The zero-order valence-electron chi connectivity index (χ0n) is 12.7. The maximum atomic E-state index is 12.5. The van der Waals surface area contributed by atoms with Gasteiger partial charge in [-0.15, -0.1) is 0 Å². The summed E-state index contributed by atoms with van der Waals surface area (Å²) in [5.41, 5.74) is 2.01. The van der Waals surface area contributed by atoms with E-state index in [0.29, 0.717) is 35.4 Å². The normalized spacial score (nSPS) is 15.4. The number of hydrogen-bond donors (Lipinski definition) is 0. The summed E-state index contributed by atoms with van der Waals surface area (Å²) in [6.45, 7) is 0.425. The second-order valence-corrected chi connectivity index (χ2v) is 5.67. The third-order valence-corrected chi connectivity index (χ3v) is 4.05. The van der Waals surface area contributed by atoms with Crippen molar-refractivity contribution in [1.82, 2.24) is 14.5 Å². The van der Waals surface area contributed by atoms with Gasteiger partial charge in [0.1, 0.15) is 11.5 Å². The highest BCUT2D eigenvalue weighted by Crippen LogP contribution is 2.19. The van der Waals surface area contributed by atoms with Gasteiger partial charge in [-0.1, -0.05) is 12.0 Å². The van der Waals surface area contributed by atoms with Crippen LogP contribution in [0.25, 0.3) is 10.9 Å². The van der Waals surface area contributed by atoms with Crippen molar-refractivity contribution in [2.45, 2.75) is 13.0 Å². The number of hydrogen-bond acceptors (Lipinski definition) is 4. The summed E-state index contributed by atoms with van der Waals surface area (Å²) in [5.74, 6) is 6.54. The molecule has 0 fully saturated rings. The highest BCUT2D eigenvalue weighted by atomic mass is 16.1. The molecule has 3 aromatic rings. The van der Waals surface area contributed by atoms with Crippen LogP contribution >= 0.6 is 0 Å².